The van der Waals surface area contributed by atoms with Crippen LogP contribution in [0.3, 0.4) is 0 Å². The molecule has 106 valence electrons. The van der Waals surface area contributed by atoms with Gasteiger partial charge in [0.15, 0.2) is 0 Å². The molecule has 0 saturated heterocycles. The highest BCUT2D eigenvalue weighted by Crippen LogP contribution is 2.16. The first-order chi connectivity index (χ1) is 8.86. The van der Waals surface area contributed by atoms with Crippen molar-refractivity contribution in [3.63, 3.8) is 0 Å². The van der Waals surface area contributed by atoms with E-state index in [-0.39, 0.29) is 11.9 Å². The molecule has 19 heavy (non-hydrogen) atoms. The van der Waals surface area contributed by atoms with Crippen LogP contribution in [0.2, 0.25) is 5.02 Å². The number of carbonyl (C=O) groups excluding carboxylic acids is 1. The van der Waals surface area contributed by atoms with Crippen LogP contribution in [0.5, 0.6) is 0 Å². The summed E-state index contributed by atoms with van der Waals surface area (Å²) < 4.78 is 0. The lowest BCUT2D eigenvalue weighted by atomic mass is 10.0. The topological polar surface area (TPSA) is 41.1 Å². The van der Waals surface area contributed by atoms with Gasteiger partial charge >= 0.3 is 0 Å². The Balaban J connectivity index is 2.59. The summed E-state index contributed by atoms with van der Waals surface area (Å²) in [4.78, 5) is 12.1. The van der Waals surface area contributed by atoms with Crippen LogP contribution in [-0.2, 0) is 11.2 Å². The van der Waals surface area contributed by atoms with Crippen LogP contribution < -0.4 is 10.6 Å². The fourth-order valence-electron chi connectivity index (χ4n) is 1.97. The van der Waals surface area contributed by atoms with Gasteiger partial charge in [-0.2, -0.15) is 0 Å². The van der Waals surface area contributed by atoms with Crippen molar-refractivity contribution in [3.05, 3.63) is 34.9 Å². The Kier molecular flexibility index (Phi) is 5.83. The second-order valence-corrected chi connectivity index (χ2v) is 5.73. The zero-order valence-corrected chi connectivity index (χ0v) is 12.8. The Hall–Kier alpha value is -1.06. The van der Waals surface area contributed by atoms with E-state index < -0.39 is 5.54 Å². The van der Waals surface area contributed by atoms with Crippen molar-refractivity contribution < 1.29 is 4.79 Å². The average Bonchev–Trinajstić information content (AvgIpc) is 2.32. The van der Waals surface area contributed by atoms with Gasteiger partial charge in [0.2, 0.25) is 5.91 Å². The molecular formula is C15H23ClN2O. The summed E-state index contributed by atoms with van der Waals surface area (Å²) in [5, 5.41) is 6.93. The highest BCUT2D eigenvalue weighted by Gasteiger charge is 2.27. The molecule has 0 saturated carbocycles. The number of benzene rings is 1. The molecular weight excluding hydrogens is 260 g/mol. The minimum Gasteiger partial charge on any atom is -0.352 e. The van der Waals surface area contributed by atoms with Crippen molar-refractivity contribution in [2.45, 2.75) is 45.7 Å². The van der Waals surface area contributed by atoms with Gasteiger partial charge in [-0.1, -0.05) is 36.7 Å². The number of carbonyl (C=O) groups is 1. The van der Waals surface area contributed by atoms with Gasteiger partial charge in [0.1, 0.15) is 0 Å². The largest absolute Gasteiger partial charge is 0.352 e. The molecule has 1 unspecified atom stereocenters. The molecule has 2 N–H and O–H groups in total. The first-order valence-corrected chi connectivity index (χ1v) is 7.04. The third kappa shape index (κ3) is 4.84. The van der Waals surface area contributed by atoms with Crippen molar-refractivity contribution in [2.75, 3.05) is 6.54 Å². The maximum atomic E-state index is 12.1. The highest BCUT2D eigenvalue weighted by molar-refractivity contribution is 6.31. The van der Waals surface area contributed by atoms with Crippen LogP contribution in [0.25, 0.3) is 0 Å². The van der Waals surface area contributed by atoms with E-state index in [1.807, 2.05) is 52.0 Å². The van der Waals surface area contributed by atoms with E-state index in [9.17, 15) is 4.79 Å². The predicted molar refractivity (Wildman–Crippen MR) is 80.5 cm³/mol. The summed E-state index contributed by atoms with van der Waals surface area (Å²) in [6.07, 6.45) is 0.730. The number of hydrogen-bond donors (Lipinski definition) is 2. The molecule has 1 aromatic carbocycles. The molecule has 1 amide bonds. The van der Waals surface area contributed by atoms with E-state index in [1.165, 1.54) is 0 Å². The fourth-order valence-corrected chi connectivity index (χ4v) is 2.18. The summed E-state index contributed by atoms with van der Waals surface area (Å²) in [6, 6.07) is 7.76. The predicted octanol–water partition coefficient (Wildman–Crippen LogP) is 2.78. The number of amides is 1. The molecule has 3 nitrogen and oxygen atoms in total. The molecule has 0 aliphatic heterocycles. The van der Waals surface area contributed by atoms with Crippen molar-refractivity contribution in [3.8, 4) is 0 Å². The van der Waals surface area contributed by atoms with Gasteiger partial charge in [-0.05, 0) is 45.4 Å². The Morgan fingerprint density at radius 1 is 1.37 bits per heavy atom. The lowest BCUT2D eigenvalue weighted by Gasteiger charge is -2.27. The van der Waals surface area contributed by atoms with Gasteiger partial charge in [0.25, 0.3) is 0 Å². The smallest absolute Gasteiger partial charge is 0.239 e. The second-order valence-electron chi connectivity index (χ2n) is 5.33. The van der Waals surface area contributed by atoms with E-state index in [0.717, 1.165) is 23.6 Å². The molecule has 0 aliphatic rings. The summed E-state index contributed by atoms with van der Waals surface area (Å²) in [5.41, 5.74) is 0.502. The molecule has 0 spiro atoms. The van der Waals surface area contributed by atoms with E-state index in [4.69, 9.17) is 11.6 Å². The van der Waals surface area contributed by atoms with Crippen LogP contribution in [-0.4, -0.2) is 24.0 Å². The SMILES string of the molecule is CCNC(C)(C)C(=O)NC(C)Cc1ccccc1Cl. The van der Waals surface area contributed by atoms with Gasteiger partial charge < -0.3 is 10.6 Å². The molecule has 0 bridgehead atoms. The van der Waals surface area contributed by atoms with Gasteiger partial charge in [-0.3, -0.25) is 4.79 Å². The van der Waals surface area contributed by atoms with Crippen molar-refractivity contribution in [1.82, 2.24) is 10.6 Å². The minimum atomic E-state index is -0.552. The first kappa shape index (κ1) is 16.0. The molecule has 0 radical (unpaired) electrons. The first-order valence-electron chi connectivity index (χ1n) is 6.66. The molecule has 0 heterocycles. The zero-order chi connectivity index (χ0) is 14.5. The third-order valence-corrected chi connectivity index (χ3v) is 3.42. The standard InChI is InChI=1S/C15H23ClN2O/c1-5-17-15(3,4)14(19)18-11(2)10-12-8-6-7-9-13(12)16/h6-9,11,17H,5,10H2,1-4H3,(H,18,19). The summed E-state index contributed by atoms with van der Waals surface area (Å²) >= 11 is 6.12. The number of hydrogen-bond acceptors (Lipinski definition) is 2. The lowest BCUT2D eigenvalue weighted by molar-refractivity contribution is -0.127. The minimum absolute atomic E-state index is 0.00824. The highest BCUT2D eigenvalue weighted by atomic mass is 35.5. The normalized spacial score (nSPS) is 13.1. The number of nitrogens with one attached hydrogen (secondary N) is 2. The average molecular weight is 283 g/mol. The molecule has 0 fully saturated rings. The van der Waals surface area contributed by atoms with Crippen LogP contribution in [0, 0.1) is 0 Å². The van der Waals surface area contributed by atoms with Crippen molar-refractivity contribution in [1.29, 1.82) is 0 Å². The summed E-state index contributed by atoms with van der Waals surface area (Å²) in [7, 11) is 0. The van der Waals surface area contributed by atoms with E-state index in [0.29, 0.717) is 0 Å². The van der Waals surface area contributed by atoms with Crippen molar-refractivity contribution in [2.24, 2.45) is 0 Å². The second kappa shape index (κ2) is 6.92. The van der Waals surface area contributed by atoms with Gasteiger partial charge in [-0.25, -0.2) is 0 Å². The van der Waals surface area contributed by atoms with Crippen LogP contribution >= 0.6 is 11.6 Å². The molecule has 1 aromatic rings. The fraction of sp³-hybridized carbons (Fsp3) is 0.533. The molecule has 4 heteroatoms. The number of halogens is 1. The summed E-state index contributed by atoms with van der Waals surface area (Å²) in [6.45, 7) is 8.51. The number of rotatable bonds is 6. The van der Waals surface area contributed by atoms with Gasteiger partial charge in [-0.15, -0.1) is 0 Å². The van der Waals surface area contributed by atoms with Gasteiger partial charge in [0.05, 0.1) is 5.54 Å². The van der Waals surface area contributed by atoms with E-state index in [2.05, 4.69) is 10.6 Å². The monoisotopic (exact) mass is 282 g/mol. The molecule has 1 atom stereocenters. The molecule has 0 aliphatic carbocycles. The number of likely N-dealkylation sites (N-methyl/N-ethyl adjacent to an activating group) is 1. The Morgan fingerprint density at radius 2 is 2.00 bits per heavy atom. The third-order valence-electron chi connectivity index (χ3n) is 3.05. The van der Waals surface area contributed by atoms with Crippen LogP contribution in [0.15, 0.2) is 24.3 Å². The Labute approximate surface area is 120 Å². The Bertz CT molecular complexity index is 432. The summed E-state index contributed by atoms with van der Waals surface area (Å²) in [5.74, 6) is 0.00824. The zero-order valence-electron chi connectivity index (χ0n) is 12.1. The lowest BCUT2D eigenvalue weighted by Crippen LogP contribution is -2.54. The van der Waals surface area contributed by atoms with Crippen LogP contribution in [0.1, 0.15) is 33.3 Å². The van der Waals surface area contributed by atoms with Crippen LogP contribution in [0.4, 0.5) is 0 Å². The maximum Gasteiger partial charge on any atom is 0.239 e. The quantitative estimate of drug-likeness (QED) is 0.842. The van der Waals surface area contributed by atoms with E-state index in [1.54, 1.807) is 0 Å². The van der Waals surface area contributed by atoms with Gasteiger partial charge in [0, 0.05) is 11.1 Å². The maximum absolute atomic E-state index is 12.1. The van der Waals surface area contributed by atoms with Crippen molar-refractivity contribution >= 4 is 17.5 Å². The molecule has 1 rings (SSSR count). The Morgan fingerprint density at radius 3 is 2.58 bits per heavy atom. The van der Waals surface area contributed by atoms with E-state index >= 15 is 0 Å². The molecule has 0 aromatic heterocycles.